The Hall–Kier alpha value is -3.41. The second kappa shape index (κ2) is 8.08. The maximum atomic E-state index is 13.4. The third-order valence-corrected chi connectivity index (χ3v) is 5.07. The van der Waals surface area contributed by atoms with Crippen molar-refractivity contribution in [2.75, 3.05) is 13.1 Å². The molecule has 142 valence electrons. The molecule has 1 aromatic heterocycles. The highest BCUT2D eigenvalue weighted by Crippen LogP contribution is 2.23. The number of nitrogens with one attached hydrogen (secondary N) is 1. The Morgan fingerprint density at radius 3 is 2.68 bits per heavy atom. The lowest BCUT2D eigenvalue weighted by atomic mass is 9.98. The Balaban J connectivity index is 1.64. The van der Waals surface area contributed by atoms with E-state index in [0.29, 0.717) is 13.0 Å². The first-order valence-electron chi connectivity index (χ1n) is 9.38. The summed E-state index contributed by atoms with van der Waals surface area (Å²) in [6, 6.07) is 7.72. The predicted molar refractivity (Wildman–Crippen MR) is 108 cm³/mol. The van der Waals surface area contributed by atoms with Gasteiger partial charge in [-0.25, -0.2) is 0 Å². The fraction of sp³-hybridized carbons (Fsp3) is 0.227. The summed E-state index contributed by atoms with van der Waals surface area (Å²) in [6.45, 7) is 0.742. The molecule has 2 aromatic rings. The van der Waals surface area contributed by atoms with Crippen molar-refractivity contribution in [3.63, 3.8) is 0 Å². The first-order valence-corrected chi connectivity index (χ1v) is 9.38. The molecule has 0 spiro atoms. The van der Waals surface area contributed by atoms with Crippen molar-refractivity contribution in [2.24, 2.45) is 5.92 Å². The van der Waals surface area contributed by atoms with Crippen molar-refractivity contribution in [3.05, 3.63) is 78.8 Å². The third-order valence-electron chi connectivity index (χ3n) is 5.07. The molecule has 1 aliphatic carbocycles. The van der Waals surface area contributed by atoms with Crippen LogP contribution in [0.25, 0.3) is 10.9 Å². The Bertz CT molecular complexity index is 969. The van der Waals surface area contributed by atoms with E-state index < -0.39 is 0 Å². The molecule has 1 atom stereocenters. The van der Waals surface area contributed by atoms with Crippen LogP contribution in [0.5, 0.6) is 0 Å². The fourth-order valence-corrected chi connectivity index (χ4v) is 3.65. The molecule has 1 amide bonds. The monoisotopic (exact) mass is 374 g/mol. The maximum Gasteiger partial charge on any atom is 0.232 e. The Labute approximate surface area is 163 Å². The van der Waals surface area contributed by atoms with Crippen molar-refractivity contribution in [1.82, 2.24) is 20.0 Å². The van der Waals surface area contributed by atoms with E-state index in [1.54, 1.807) is 11.1 Å². The maximum absolute atomic E-state index is 13.4. The molecule has 0 saturated carbocycles. The van der Waals surface area contributed by atoms with Crippen LogP contribution in [-0.2, 0) is 16.0 Å². The first-order chi connectivity index (χ1) is 13.8. The van der Waals surface area contributed by atoms with Crippen LogP contribution in [-0.4, -0.2) is 51.3 Å². The van der Waals surface area contributed by atoms with Gasteiger partial charge in [-0.05, 0) is 6.07 Å². The van der Waals surface area contributed by atoms with Gasteiger partial charge in [0.1, 0.15) is 6.29 Å². The summed E-state index contributed by atoms with van der Waals surface area (Å²) in [7, 11) is 0. The molecule has 1 N–H and O–H groups in total. The van der Waals surface area contributed by atoms with E-state index in [-0.39, 0.29) is 24.4 Å². The number of rotatable bonds is 5. The van der Waals surface area contributed by atoms with Crippen LogP contribution in [0.2, 0.25) is 0 Å². The van der Waals surface area contributed by atoms with Gasteiger partial charge in [-0.15, -0.1) is 0 Å². The van der Waals surface area contributed by atoms with Crippen LogP contribution in [0.3, 0.4) is 0 Å². The number of amides is 1. The van der Waals surface area contributed by atoms with E-state index in [1.165, 1.54) is 0 Å². The number of nitrogens with zero attached hydrogens (tertiary/aromatic N) is 3. The molecule has 1 aromatic carbocycles. The minimum atomic E-state index is -0.295. The number of aromatic nitrogens is 2. The molecule has 0 bridgehead atoms. The average molecular weight is 374 g/mol. The normalized spacial score (nSPS) is 20.0. The molecular formula is C22H22N4O2. The summed E-state index contributed by atoms with van der Waals surface area (Å²) >= 11 is 0. The number of H-pyrrole nitrogens is 1. The van der Waals surface area contributed by atoms with Gasteiger partial charge < -0.3 is 14.6 Å². The quantitative estimate of drug-likeness (QED) is 0.817. The van der Waals surface area contributed by atoms with Gasteiger partial charge in [-0.2, -0.15) is 5.10 Å². The second-order valence-corrected chi connectivity index (χ2v) is 6.93. The first kappa shape index (κ1) is 18.0. The lowest BCUT2D eigenvalue weighted by Gasteiger charge is -2.27. The largest absolute Gasteiger partial charge is 0.368 e. The molecule has 6 heteroatoms. The van der Waals surface area contributed by atoms with E-state index in [0.717, 1.165) is 22.9 Å². The molecule has 2 heterocycles. The predicted octanol–water partition coefficient (Wildman–Crippen LogP) is 2.59. The number of benzene rings is 1. The van der Waals surface area contributed by atoms with Crippen LogP contribution in [0.1, 0.15) is 5.69 Å². The Kier molecular flexibility index (Phi) is 5.19. The van der Waals surface area contributed by atoms with Crippen LogP contribution < -0.4 is 0 Å². The molecule has 28 heavy (non-hydrogen) atoms. The van der Waals surface area contributed by atoms with E-state index in [4.69, 9.17) is 0 Å². The lowest BCUT2D eigenvalue weighted by molar-refractivity contribution is -0.133. The number of fused-ring (bicyclic) bond motifs is 1. The van der Waals surface area contributed by atoms with E-state index in [2.05, 4.69) is 10.2 Å². The third kappa shape index (κ3) is 3.67. The molecule has 0 fully saturated rings. The summed E-state index contributed by atoms with van der Waals surface area (Å²) in [5, 5.41) is 8.46. The molecular weight excluding hydrogens is 352 g/mol. The molecule has 1 unspecified atom stereocenters. The van der Waals surface area contributed by atoms with Crippen molar-refractivity contribution in [1.29, 1.82) is 0 Å². The van der Waals surface area contributed by atoms with Gasteiger partial charge in [-0.3, -0.25) is 9.89 Å². The molecule has 0 saturated heterocycles. The van der Waals surface area contributed by atoms with E-state index in [1.807, 2.05) is 71.8 Å². The second-order valence-electron chi connectivity index (χ2n) is 6.93. The fourth-order valence-electron chi connectivity index (χ4n) is 3.65. The zero-order chi connectivity index (χ0) is 19.3. The number of allylic oxidation sites excluding steroid dienone is 4. The van der Waals surface area contributed by atoms with Crippen LogP contribution in [0, 0.1) is 5.92 Å². The SMILES string of the molecule is O=CCN1C=CN(C2C=CC=CC=C2)C(=O)C(Cc2[nH]nc3ccccc23)C1. The number of aldehydes is 1. The number of carbonyl (C=O) groups excluding carboxylic acids is 2. The zero-order valence-electron chi connectivity index (χ0n) is 15.4. The summed E-state index contributed by atoms with van der Waals surface area (Å²) < 4.78 is 0. The molecule has 4 rings (SSSR count). The highest BCUT2D eigenvalue weighted by molar-refractivity contribution is 5.84. The van der Waals surface area contributed by atoms with Gasteiger partial charge in [0, 0.05) is 36.4 Å². The van der Waals surface area contributed by atoms with Gasteiger partial charge in [0.25, 0.3) is 0 Å². The van der Waals surface area contributed by atoms with Crippen molar-refractivity contribution in [3.8, 4) is 0 Å². The van der Waals surface area contributed by atoms with Crippen LogP contribution in [0.15, 0.2) is 73.1 Å². The van der Waals surface area contributed by atoms with Gasteiger partial charge >= 0.3 is 0 Å². The number of hydrogen-bond acceptors (Lipinski definition) is 4. The Morgan fingerprint density at radius 1 is 1.11 bits per heavy atom. The molecule has 6 nitrogen and oxygen atoms in total. The highest BCUT2D eigenvalue weighted by Gasteiger charge is 2.31. The van der Waals surface area contributed by atoms with Gasteiger partial charge in [0.15, 0.2) is 0 Å². The van der Waals surface area contributed by atoms with Gasteiger partial charge in [-0.1, -0.05) is 54.7 Å². The van der Waals surface area contributed by atoms with Gasteiger partial charge in [0.05, 0.1) is 24.0 Å². The van der Waals surface area contributed by atoms with E-state index in [9.17, 15) is 9.59 Å². The summed E-state index contributed by atoms with van der Waals surface area (Å²) in [5.74, 6) is -0.263. The number of hydrogen-bond donors (Lipinski definition) is 1. The minimum Gasteiger partial charge on any atom is -0.368 e. The summed E-state index contributed by atoms with van der Waals surface area (Å²) in [4.78, 5) is 28.1. The summed E-state index contributed by atoms with van der Waals surface area (Å²) in [5.41, 5.74) is 1.83. The van der Waals surface area contributed by atoms with Crippen LogP contribution >= 0.6 is 0 Å². The zero-order valence-corrected chi connectivity index (χ0v) is 15.4. The molecule has 0 radical (unpaired) electrons. The van der Waals surface area contributed by atoms with Crippen molar-refractivity contribution >= 4 is 23.1 Å². The molecule has 1 aliphatic heterocycles. The van der Waals surface area contributed by atoms with E-state index >= 15 is 0 Å². The highest BCUT2D eigenvalue weighted by atomic mass is 16.2. The topological polar surface area (TPSA) is 69.3 Å². The number of aromatic amines is 1. The number of para-hydroxylation sites is 1. The minimum absolute atomic E-state index is 0.0320. The summed E-state index contributed by atoms with van der Waals surface area (Å²) in [6.07, 6.45) is 16.7. The van der Waals surface area contributed by atoms with Crippen LogP contribution in [0.4, 0.5) is 0 Å². The number of carbonyl (C=O) groups is 2. The molecule has 2 aliphatic rings. The van der Waals surface area contributed by atoms with Crippen molar-refractivity contribution < 1.29 is 9.59 Å². The smallest absolute Gasteiger partial charge is 0.232 e. The standard InChI is InChI=1S/C22H22N4O2/c27-14-13-25-11-12-26(18-7-3-1-2-4-8-18)22(28)17(16-25)15-21-19-9-5-6-10-20(19)23-24-21/h1-12,14,17-18H,13,15-16H2,(H,23,24). The van der Waals surface area contributed by atoms with Crippen molar-refractivity contribution in [2.45, 2.75) is 12.5 Å². The Morgan fingerprint density at radius 2 is 1.89 bits per heavy atom. The van der Waals surface area contributed by atoms with Gasteiger partial charge in [0.2, 0.25) is 5.91 Å². The lowest BCUT2D eigenvalue weighted by Crippen LogP contribution is -2.40. The average Bonchev–Trinajstić information content (AvgIpc) is 2.85.